The van der Waals surface area contributed by atoms with Crippen LogP contribution in [0.3, 0.4) is 0 Å². The fraction of sp³-hybridized carbons (Fsp3) is 0.294. The quantitative estimate of drug-likeness (QED) is 0.668. The lowest BCUT2D eigenvalue weighted by Gasteiger charge is -2.09. The second-order valence-electron chi connectivity index (χ2n) is 5.27. The highest BCUT2D eigenvalue weighted by molar-refractivity contribution is 7.16. The lowest BCUT2D eigenvalue weighted by atomic mass is 9.96. The van der Waals surface area contributed by atoms with Gasteiger partial charge in [-0.3, -0.25) is 0 Å². The van der Waals surface area contributed by atoms with Crippen LogP contribution in [0.2, 0.25) is 10.0 Å². The van der Waals surface area contributed by atoms with Gasteiger partial charge in [0.15, 0.2) is 0 Å². The number of hydrogen-bond acceptors (Lipinski definition) is 4. The summed E-state index contributed by atoms with van der Waals surface area (Å²) in [5.74, 6) is 0.527. The van der Waals surface area contributed by atoms with Crippen LogP contribution in [-0.2, 0) is 12.8 Å². The largest absolute Gasteiger partial charge is 0.495 e. The fourth-order valence-electron chi connectivity index (χ4n) is 2.78. The molecule has 1 aromatic carbocycles. The van der Waals surface area contributed by atoms with Gasteiger partial charge in [0.2, 0.25) is 0 Å². The summed E-state index contributed by atoms with van der Waals surface area (Å²) in [5.41, 5.74) is 2.57. The van der Waals surface area contributed by atoms with Gasteiger partial charge in [0.05, 0.1) is 17.7 Å². The lowest BCUT2D eigenvalue weighted by Crippen LogP contribution is -1.99. The van der Waals surface area contributed by atoms with Crippen LogP contribution < -0.4 is 4.74 Å². The first kappa shape index (κ1) is 16.3. The molecule has 0 spiro atoms. The molecule has 0 bridgehead atoms. The minimum Gasteiger partial charge on any atom is -0.495 e. The Morgan fingerprint density at radius 2 is 2.09 bits per heavy atom. The van der Waals surface area contributed by atoms with Crippen LogP contribution >= 0.6 is 34.5 Å². The molecule has 3 nitrogen and oxygen atoms in total. The van der Waals surface area contributed by atoms with Crippen LogP contribution in [0.5, 0.6) is 5.75 Å². The van der Waals surface area contributed by atoms with Gasteiger partial charge >= 0.3 is 0 Å². The first-order valence-corrected chi connectivity index (χ1v) is 8.83. The van der Waals surface area contributed by atoms with E-state index in [1.165, 1.54) is 16.9 Å². The first-order chi connectivity index (χ1) is 11.1. The summed E-state index contributed by atoms with van der Waals surface area (Å²) >= 11 is 13.8. The van der Waals surface area contributed by atoms with E-state index in [4.69, 9.17) is 27.9 Å². The molecule has 0 aliphatic heterocycles. The molecule has 118 valence electrons. The summed E-state index contributed by atoms with van der Waals surface area (Å²) in [6.45, 7) is 0. The van der Waals surface area contributed by atoms with Crippen LogP contribution in [0.1, 0.15) is 34.4 Å². The average Bonchev–Trinajstić information content (AvgIpc) is 2.89. The van der Waals surface area contributed by atoms with Gasteiger partial charge in [0.25, 0.3) is 0 Å². The minimum absolute atomic E-state index is 0.437. The molecule has 0 N–H and O–H groups in total. The van der Waals surface area contributed by atoms with Gasteiger partial charge in [-0.25, -0.2) is 4.99 Å². The molecule has 0 unspecified atom stereocenters. The predicted octanol–water partition coefficient (Wildman–Crippen LogP) is 5.56. The summed E-state index contributed by atoms with van der Waals surface area (Å²) in [6.07, 6.45) is 5.99. The van der Waals surface area contributed by atoms with Crippen molar-refractivity contribution in [2.75, 3.05) is 7.11 Å². The summed E-state index contributed by atoms with van der Waals surface area (Å²) in [6, 6.07) is 5.68. The average molecular weight is 365 g/mol. The molecule has 0 fully saturated rings. The molecule has 1 aliphatic carbocycles. The van der Waals surface area contributed by atoms with Gasteiger partial charge in [-0.1, -0.05) is 23.2 Å². The van der Waals surface area contributed by atoms with Crippen molar-refractivity contribution in [2.24, 2.45) is 4.99 Å². The third-order valence-corrected chi connectivity index (χ3v) is 5.53. The Balaban J connectivity index is 2.01. The van der Waals surface area contributed by atoms with Crippen molar-refractivity contribution >= 4 is 45.8 Å². The number of aryl methyl sites for hydroxylation is 1. The van der Waals surface area contributed by atoms with E-state index >= 15 is 0 Å². The normalized spacial score (nSPS) is 13.8. The minimum atomic E-state index is 0.437. The molecule has 1 aliphatic rings. The zero-order valence-electron chi connectivity index (χ0n) is 12.5. The summed E-state index contributed by atoms with van der Waals surface area (Å²) in [7, 11) is 1.55. The topological polar surface area (TPSA) is 45.4 Å². The van der Waals surface area contributed by atoms with Crippen LogP contribution in [0.15, 0.2) is 17.1 Å². The zero-order chi connectivity index (χ0) is 16.4. The molecule has 23 heavy (non-hydrogen) atoms. The molecule has 1 aromatic heterocycles. The SMILES string of the molecule is COc1c(Cl)cc(Cl)cc1/C=N/c1sc2c(c1C#N)CCCC2. The molecule has 0 radical (unpaired) electrons. The number of nitriles is 1. The molecular weight excluding hydrogens is 351 g/mol. The number of hydrogen-bond donors (Lipinski definition) is 0. The second-order valence-corrected chi connectivity index (χ2v) is 7.20. The van der Waals surface area contributed by atoms with Crippen molar-refractivity contribution in [2.45, 2.75) is 25.7 Å². The zero-order valence-corrected chi connectivity index (χ0v) is 14.9. The van der Waals surface area contributed by atoms with Crippen molar-refractivity contribution in [3.63, 3.8) is 0 Å². The summed E-state index contributed by atoms with van der Waals surface area (Å²) in [4.78, 5) is 5.80. The molecule has 2 aromatic rings. The number of nitrogens with zero attached hydrogens (tertiary/aromatic N) is 2. The number of rotatable bonds is 3. The van der Waals surface area contributed by atoms with E-state index in [9.17, 15) is 5.26 Å². The van der Waals surface area contributed by atoms with Gasteiger partial charge in [-0.05, 0) is 43.4 Å². The number of benzene rings is 1. The maximum Gasteiger partial charge on any atom is 0.146 e. The summed E-state index contributed by atoms with van der Waals surface area (Å²) < 4.78 is 5.31. The Kier molecular flexibility index (Phi) is 4.91. The van der Waals surface area contributed by atoms with Gasteiger partial charge in [-0.2, -0.15) is 5.26 Å². The molecule has 6 heteroatoms. The van der Waals surface area contributed by atoms with Gasteiger partial charge in [0, 0.05) is 21.7 Å². The Morgan fingerprint density at radius 3 is 2.83 bits per heavy atom. The van der Waals surface area contributed by atoms with E-state index in [0.717, 1.165) is 24.3 Å². The van der Waals surface area contributed by atoms with Crippen molar-refractivity contribution in [1.29, 1.82) is 5.26 Å². The third kappa shape index (κ3) is 3.23. The molecule has 1 heterocycles. The van der Waals surface area contributed by atoms with Crippen molar-refractivity contribution in [1.82, 2.24) is 0 Å². The first-order valence-electron chi connectivity index (χ1n) is 7.25. The smallest absolute Gasteiger partial charge is 0.146 e. The molecule has 3 rings (SSSR count). The van der Waals surface area contributed by atoms with Crippen LogP contribution in [-0.4, -0.2) is 13.3 Å². The van der Waals surface area contributed by atoms with Crippen LogP contribution in [0.4, 0.5) is 5.00 Å². The van der Waals surface area contributed by atoms with Crippen molar-refractivity contribution in [3.05, 3.63) is 43.7 Å². The van der Waals surface area contributed by atoms with Crippen molar-refractivity contribution in [3.8, 4) is 11.8 Å². The van der Waals surface area contributed by atoms with E-state index in [1.807, 2.05) is 0 Å². The molecule has 0 atom stereocenters. The third-order valence-electron chi connectivity index (χ3n) is 3.83. The van der Waals surface area contributed by atoms with Crippen LogP contribution in [0.25, 0.3) is 0 Å². The highest BCUT2D eigenvalue weighted by atomic mass is 35.5. The summed E-state index contributed by atoms with van der Waals surface area (Å²) in [5, 5.41) is 11.2. The molecule has 0 saturated carbocycles. The van der Waals surface area contributed by atoms with E-state index in [2.05, 4.69) is 11.1 Å². The molecule has 0 amide bonds. The maximum atomic E-state index is 9.47. The predicted molar refractivity (Wildman–Crippen MR) is 95.9 cm³/mol. The number of methoxy groups -OCH3 is 1. The van der Waals surface area contributed by atoms with E-state index in [-0.39, 0.29) is 0 Å². The van der Waals surface area contributed by atoms with Crippen molar-refractivity contribution < 1.29 is 4.74 Å². The standard InChI is InChI=1S/C17H14Cl2N2OS/c1-22-16-10(6-11(18)7-14(16)19)9-21-17-13(8-20)12-4-2-3-5-15(12)23-17/h6-7,9H,2-5H2,1H3/b21-9+. The number of ether oxygens (including phenoxy) is 1. The number of aliphatic imine (C=N–C) groups is 1. The number of halogens is 2. The monoisotopic (exact) mass is 364 g/mol. The molecule has 0 saturated heterocycles. The second kappa shape index (κ2) is 6.92. The highest BCUT2D eigenvalue weighted by Crippen LogP contribution is 2.39. The Morgan fingerprint density at radius 1 is 1.30 bits per heavy atom. The molecular formula is C17H14Cl2N2OS. The Labute approximate surface area is 149 Å². The Bertz CT molecular complexity index is 821. The van der Waals surface area contributed by atoms with Gasteiger partial charge in [0.1, 0.15) is 16.8 Å². The Hall–Kier alpha value is -1.54. The van der Waals surface area contributed by atoms with Crippen LogP contribution in [0, 0.1) is 11.3 Å². The lowest BCUT2D eigenvalue weighted by molar-refractivity contribution is 0.414. The fourth-order valence-corrected chi connectivity index (χ4v) is 4.55. The van der Waals surface area contributed by atoms with E-state index in [0.29, 0.717) is 26.9 Å². The highest BCUT2D eigenvalue weighted by Gasteiger charge is 2.20. The maximum absolute atomic E-state index is 9.47. The van der Waals surface area contributed by atoms with Gasteiger partial charge in [-0.15, -0.1) is 11.3 Å². The number of thiophene rings is 1. The number of fused-ring (bicyclic) bond motifs is 1. The van der Waals surface area contributed by atoms with Gasteiger partial charge < -0.3 is 4.74 Å². The van der Waals surface area contributed by atoms with E-state index in [1.54, 1.807) is 36.8 Å². The van der Waals surface area contributed by atoms with E-state index < -0.39 is 0 Å².